The Morgan fingerprint density at radius 2 is 1.84 bits per heavy atom. The molecular weight excluding hydrogens is 478 g/mol. The smallest absolute Gasteiger partial charge is 0.341 e. The van der Waals surface area contributed by atoms with E-state index in [1.54, 1.807) is 35.9 Å². The van der Waals surface area contributed by atoms with Gasteiger partial charge in [0.25, 0.3) is 17.2 Å². The van der Waals surface area contributed by atoms with Crippen molar-refractivity contribution in [2.75, 3.05) is 6.61 Å². The molecule has 0 radical (unpaired) electrons. The Balaban J connectivity index is 2.11. The van der Waals surface area contributed by atoms with Crippen LogP contribution in [0.4, 0.5) is 5.69 Å². The lowest BCUT2D eigenvalue weighted by Crippen LogP contribution is -2.33. The fraction of sp³-hybridized carbons (Fsp3) is 0.269. The molecule has 3 heterocycles. The lowest BCUT2D eigenvalue weighted by molar-refractivity contribution is -0.385. The minimum atomic E-state index is -0.904. The van der Waals surface area contributed by atoms with Gasteiger partial charge in [-0.1, -0.05) is 38.0 Å². The number of hydrogen-bond donors (Lipinski definition) is 0. The number of aromatic nitrogens is 3. The summed E-state index contributed by atoms with van der Waals surface area (Å²) in [5.41, 5.74) is -0.584. The first-order valence-electron chi connectivity index (χ1n) is 11.9. The summed E-state index contributed by atoms with van der Waals surface area (Å²) < 4.78 is 8.13. The first-order chi connectivity index (χ1) is 17.9. The van der Waals surface area contributed by atoms with Crippen LogP contribution in [0.5, 0.6) is 0 Å². The molecule has 3 aromatic heterocycles. The lowest BCUT2D eigenvalue weighted by atomic mass is 10.1. The molecule has 0 spiro atoms. The predicted octanol–water partition coefficient (Wildman–Crippen LogP) is 3.67. The van der Waals surface area contributed by atoms with E-state index in [4.69, 9.17) is 4.74 Å². The Labute approximate surface area is 210 Å². The highest BCUT2D eigenvalue weighted by Crippen LogP contribution is 2.19. The zero-order valence-electron chi connectivity index (χ0n) is 20.4. The molecule has 11 nitrogen and oxygen atoms in total. The number of rotatable bonds is 8. The van der Waals surface area contributed by atoms with Crippen LogP contribution in [0.2, 0.25) is 0 Å². The Morgan fingerprint density at radius 3 is 2.57 bits per heavy atom. The van der Waals surface area contributed by atoms with Gasteiger partial charge in [0.1, 0.15) is 22.4 Å². The van der Waals surface area contributed by atoms with E-state index in [0.29, 0.717) is 18.6 Å². The second kappa shape index (κ2) is 10.9. The van der Waals surface area contributed by atoms with E-state index < -0.39 is 28.0 Å². The van der Waals surface area contributed by atoms with Gasteiger partial charge in [0.15, 0.2) is 5.49 Å². The van der Waals surface area contributed by atoms with Crippen LogP contribution in [-0.2, 0) is 11.3 Å². The van der Waals surface area contributed by atoms with Gasteiger partial charge in [-0.15, -0.1) is 0 Å². The van der Waals surface area contributed by atoms with Crippen LogP contribution in [0.25, 0.3) is 16.7 Å². The number of carbonyl (C=O) groups excluding carboxylic acids is 2. The molecule has 0 aliphatic heterocycles. The average Bonchev–Trinajstić information content (AvgIpc) is 2.90. The molecule has 1 amide bonds. The number of amides is 1. The molecule has 190 valence electrons. The van der Waals surface area contributed by atoms with Crippen molar-refractivity contribution in [1.82, 2.24) is 14.0 Å². The van der Waals surface area contributed by atoms with Gasteiger partial charge in [-0.2, -0.15) is 4.99 Å². The maximum Gasteiger partial charge on any atom is 0.341 e. The number of para-hydroxylation sites is 1. The van der Waals surface area contributed by atoms with Crippen LogP contribution in [0, 0.1) is 10.1 Å². The van der Waals surface area contributed by atoms with Gasteiger partial charge in [0.2, 0.25) is 0 Å². The summed E-state index contributed by atoms with van der Waals surface area (Å²) in [4.78, 5) is 59.3. The molecule has 11 heteroatoms. The number of carbonyl (C=O) groups is 2. The number of nitro groups is 1. The maximum absolute atomic E-state index is 13.4. The van der Waals surface area contributed by atoms with E-state index in [9.17, 15) is 24.5 Å². The van der Waals surface area contributed by atoms with E-state index in [1.165, 1.54) is 34.7 Å². The molecule has 37 heavy (non-hydrogen) atoms. The fourth-order valence-corrected chi connectivity index (χ4v) is 4.06. The fourth-order valence-electron chi connectivity index (χ4n) is 4.06. The van der Waals surface area contributed by atoms with Gasteiger partial charge in [0, 0.05) is 18.8 Å². The number of esters is 1. The monoisotopic (exact) mass is 503 g/mol. The summed E-state index contributed by atoms with van der Waals surface area (Å²) in [7, 11) is 0. The van der Waals surface area contributed by atoms with Gasteiger partial charge < -0.3 is 9.30 Å². The number of hydrogen-bond acceptors (Lipinski definition) is 7. The van der Waals surface area contributed by atoms with Crippen molar-refractivity contribution in [2.45, 2.75) is 39.7 Å². The Morgan fingerprint density at radius 1 is 1.08 bits per heavy atom. The SMILES string of the molecule is CCCCCn1c(=NC(=O)c2ccccc2[N+](=O)[O-])c(C(=O)OCC)cc2c(=O)n3ccccc3nc21. The topological polar surface area (TPSA) is 138 Å². The zero-order valence-corrected chi connectivity index (χ0v) is 20.4. The van der Waals surface area contributed by atoms with Crippen LogP contribution >= 0.6 is 0 Å². The van der Waals surface area contributed by atoms with Crippen molar-refractivity contribution in [3.05, 3.63) is 91.8 Å². The molecule has 0 unspecified atom stereocenters. The normalized spacial score (nSPS) is 11.7. The van der Waals surface area contributed by atoms with Crippen LogP contribution in [0.15, 0.2) is 64.5 Å². The number of nitrogens with zero attached hydrogens (tertiary/aromatic N) is 5. The molecule has 4 rings (SSSR count). The van der Waals surface area contributed by atoms with E-state index in [0.717, 1.165) is 12.8 Å². The van der Waals surface area contributed by atoms with Gasteiger partial charge in [-0.3, -0.25) is 24.1 Å². The number of pyridine rings is 2. The number of nitro benzene ring substituents is 1. The van der Waals surface area contributed by atoms with Gasteiger partial charge in [-0.05, 0) is 37.6 Å². The average molecular weight is 504 g/mol. The molecule has 4 aromatic rings. The minimum absolute atomic E-state index is 0.0548. The van der Waals surface area contributed by atoms with Crippen molar-refractivity contribution in [2.24, 2.45) is 4.99 Å². The van der Waals surface area contributed by atoms with Gasteiger partial charge in [-0.25, -0.2) is 9.78 Å². The van der Waals surface area contributed by atoms with Crippen molar-refractivity contribution in [1.29, 1.82) is 0 Å². The standard InChI is InChI=1S/C26H25N5O6/c1-3-5-9-15-30-22-18(25(33)29-14-10-8-13-21(29)27-22)16-19(26(34)37-4-2)23(30)28-24(32)17-11-6-7-12-20(17)31(35)36/h6-8,10-14,16H,3-5,9,15H2,1-2H3. The quantitative estimate of drug-likeness (QED) is 0.118. The molecular formula is C26H25N5O6. The van der Waals surface area contributed by atoms with Crippen molar-refractivity contribution >= 4 is 34.2 Å². The second-order valence-electron chi connectivity index (χ2n) is 8.24. The van der Waals surface area contributed by atoms with Crippen LogP contribution < -0.4 is 11.0 Å². The molecule has 0 saturated carbocycles. The highest BCUT2D eigenvalue weighted by Gasteiger charge is 2.23. The van der Waals surface area contributed by atoms with E-state index in [-0.39, 0.29) is 34.3 Å². The first-order valence-corrected chi connectivity index (χ1v) is 11.9. The van der Waals surface area contributed by atoms with Crippen LogP contribution in [-0.4, -0.2) is 37.4 Å². The molecule has 0 aliphatic carbocycles. The largest absolute Gasteiger partial charge is 0.462 e. The molecule has 0 N–H and O–H groups in total. The molecule has 0 atom stereocenters. The maximum atomic E-state index is 13.4. The molecule has 1 aromatic carbocycles. The number of ether oxygens (including phenoxy) is 1. The van der Waals surface area contributed by atoms with Crippen molar-refractivity contribution in [3.63, 3.8) is 0 Å². The van der Waals surface area contributed by atoms with Crippen molar-refractivity contribution in [3.8, 4) is 0 Å². The van der Waals surface area contributed by atoms with Gasteiger partial charge >= 0.3 is 5.97 Å². The summed E-state index contributed by atoms with van der Waals surface area (Å²) in [6.07, 6.45) is 3.96. The molecule has 0 aliphatic rings. The van der Waals surface area contributed by atoms with E-state index in [2.05, 4.69) is 9.98 Å². The molecule has 0 fully saturated rings. The second-order valence-corrected chi connectivity index (χ2v) is 8.24. The highest BCUT2D eigenvalue weighted by molar-refractivity contribution is 6.00. The van der Waals surface area contributed by atoms with Crippen molar-refractivity contribution < 1.29 is 19.2 Å². The summed E-state index contributed by atoms with van der Waals surface area (Å²) in [5, 5.41) is 11.7. The minimum Gasteiger partial charge on any atom is -0.462 e. The highest BCUT2D eigenvalue weighted by atomic mass is 16.6. The van der Waals surface area contributed by atoms with Crippen LogP contribution in [0.1, 0.15) is 53.8 Å². The Bertz CT molecular complexity index is 1650. The van der Waals surface area contributed by atoms with Gasteiger partial charge in [0.05, 0.1) is 16.9 Å². The summed E-state index contributed by atoms with van der Waals surface area (Å²) in [5.74, 6) is -1.68. The Hall–Kier alpha value is -4.67. The third-order valence-electron chi connectivity index (χ3n) is 5.81. The zero-order chi connectivity index (χ0) is 26.5. The first kappa shape index (κ1) is 25.4. The predicted molar refractivity (Wildman–Crippen MR) is 135 cm³/mol. The lowest BCUT2D eigenvalue weighted by Gasteiger charge is -2.15. The summed E-state index contributed by atoms with van der Waals surface area (Å²) in [6.45, 7) is 4.02. The number of aryl methyl sites for hydroxylation is 1. The van der Waals surface area contributed by atoms with E-state index >= 15 is 0 Å². The molecule has 0 saturated heterocycles. The van der Waals surface area contributed by atoms with E-state index in [1.807, 2.05) is 6.92 Å². The summed E-state index contributed by atoms with van der Waals surface area (Å²) in [6, 6.07) is 11.9. The number of fused-ring (bicyclic) bond motifs is 2. The third-order valence-corrected chi connectivity index (χ3v) is 5.81. The third kappa shape index (κ3) is 5.01. The molecule has 0 bridgehead atoms. The number of unbranched alkanes of at least 4 members (excludes halogenated alkanes) is 2. The summed E-state index contributed by atoms with van der Waals surface area (Å²) >= 11 is 0. The van der Waals surface area contributed by atoms with Crippen LogP contribution in [0.3, 0.4) is 0 Å². The Kier molecular flexibility index (Phi) is 7.52. The number of benzene rings is 1.